The molecule has 3 N–H and O–H groups in total. The van der Waals surface area contributed by atoms with Crippen molar-refractivity contribution in [2.45, 2.75) is 38.6 Å². The normalized spacial score (nSPS) is 17.0. The molecule has 1 aromatic heterocycles. The van der Waals surface area contributed by atoms with E-state index in [-0.39, 0.29) is 17.9 Å². The number of nitrogens with one attached hydrogen (secondary N) is 1. The van der Waals surface area contributed by atoms with Gasteiger partial charge in [-0.2, -0.15) is 0 Å². The molecule has 0 spiro atoms. The smallest absolute Gasteiger partial charge is 0.290 e. The van der Waals surface area contributed by atoms with Crippen LogP contribution in [-0.4, -0.2) is 42.4 Å². The minimum Gasteiger partial charge on any atom is -0.450 e. The summed E-state index contributed by atoms with van der Waals surface area (Å²) in [5.41, 5.74) is 7.07. The molecule has 0 radical (unpaired) electrons. The average Bonchev–Trinajstić information content (AvgIpc) is 3.09. The maximum Gasteiger partial charge on any atom is 0.290 e. The zero-order valence-electron chi connectivity index (χ0n) is 16.7. The molecule has 0 aliphatic carbocycles. The number of amides is 2. The molecule has 2 amide bonds. The van der Waals surface area contributed by atoms with Crippen LogP contribution in [0.3, 0.4) is 0 Å². The summed E-state index contributed by atoms with van der Waals surface area (Å²) in [6.07, 6.45) is 3.18. The second-order valence-corrected chi connectivity index (χ2v) is 7.71. The number of nitrogens with zero attached hydrogens (tertiary/aromatic N) is 1. The van der Waals surface area contributed by atoms with Gasteiger partial charge in [0.05, 0.1) is 0 Å². The lowest BCUT2D eigenvalue weighted by molar-refractivity contribution is -0.121. The van der Waals surface area contributed by atoms with E-state index in [2.05, 4.69) is 11.4 Å². The Morgan fingerprint density at radius 3 is 2.83 bits per heavy atom. The topological polar surface area (TPSA) is 88.6 Å². The number of carbonyl (C=O) groups excluding carboxylic acids is 2. The van der Waals surface area contributed by atoms with Crippen LogP contribution in [0, 0.1) is 6.92 Å². The van der Waals surface area contributed by atoms with E-state index in [9.17, 15) is 9.59 Å². The summed E-state index contributed by atoms with van der Waals surface area (Å²) in [7, 11) is 0. The van der Waals surface area contributed by atoms with Crippen LogP contribution in [0.15, 0.2) is 40.8 Å². The summed E-state index contributed by atoms with van der Waals surface area (Å²) in [6.45, 7) is 3.39. The quantitative estimate of drug-likeness (QED) is 0.696. The summed E-state index contributed by atoms with van der Waals surface area (Å²) < 4.78 is 6.14. The molecule has 1 saturated heterocycles. The van der Waals surface area contributed by atoms with E-state index in [1.54, 1.807) is 0 Å². The molecule has 6 nitrogen and oxygen atoms in total. The number of hydrogen-bond donors (Lipinski definition) is 2. The molecule has 4 rings (SSSR count). The minimum absolute atomic E-state index is 0.0256. The van der Waals surface area contributed by atoms with Gasteiger partial charge in [0.1, 0.15) is 5.58 Å². The van der Waals surface area contributed by atoms with E-state index in [1.165, 1.54) is 0 Å². The van der Waals surface area contributed by atoms with Crippen molar-refractivity contribution in [2.24, 2.45) is 5.73 Å². The molecule has 1 aliphatic rings. The Bertz CT molecular complexity index is 1060. The first-order valence-corrected chi connectivity index (χ1v) is 10.3. The monoisotopic (exact) mass is 393 g/mol. The molecular weight excluding hydrogens is 366 g/mol. The van der Waals surface area contributed by atoms with Gasteiger partial charge in [0.25, 0.3) is 5.91 Å². The van der Waals surface area contributed by atoms with E-state index in [0.29, 0.717) is 31.8 Å². The second-order valence-electron chi connectivity index (χ2n) is 7.71. The number of hydrogen-bond acceptors (Lipinski definition) is 4. The molecule has 2 aromatic carbocycles. The van der Waals surface area contributed by atoms with Gasteiger partial charge in [0.2, 0.25) is 5.91 Å². The molecule has 6 heteroatoms. The van der Waals surface area contributed by atoms with Gasteiger partial charge in [0.15, 0.2) is 5.76 Å². The van der Waals surface area contributed by atoms with Crippen LogP contribution in [0.2, 0.25) is 0 Å². The zero-order valence-corrected chi connectivity index (χ0v) is 16.7. The first kappa shape index (κ1) is 19.5. The minimum atomic E-state index is -0.0967. The van der Waals surface area contributed by atoms with Crippen LogP contribution in [-0.2, 0) is 4.79 Å². The van der Waals surface area contributed by atoms with E-state index in [0.717, 1.165) is 46.6 Å². The number of rotatable bonds is 5. The van der Waals surface area contributed by atoms with Crippen LogP contribution in [0.1, 0.15) is 41.8 Å². The van der Waals surface area contributed by atoms with Crippen molar-refractivity contribution in [1.82, 2.24) is 10.2 Å². The average molecular weight is 393 g/mol. The highest BCUT2D eigenvalue weighted by Crippen LogP contribution is 2.33. The van der Waals surface area contributed by atoms with Crippen molar-refractivity contribution in [3.63, 3.8) is 0 Å². The largest absolute Gasteiger partial charge is 0.450 e. The standard InChI is InChI=1S/C23H27N3O3/c1-15-18-10-9-16-6-2-3-8-19(16)22(18)29-21(15)23(28)26-13-5-4-7-17(26)14-25-20(27)11-12-24/h2-3,6,8-10,17H,4-5,7,11-14,24H2,1H3,(H,25,27). The third-order valence-corrected chi connectivity index (χ3v) is 5.82. The molecule has 0 saturated carbocycles. The molecule has 1 fully saturated rings. The van der Waals surface area contributed by atoms with Crippen molar-refractivity contribution >= 4 is 33.6 Å². The van der Waals surface area contributed by atoms with Crippen molar-refractivity contribution in [2.75, 3.05) is 19.6 Å². The van der Waals surface area contributed by atoms with Crippen LogP contribution in [0.4, 0.5) is 0 Å². The van der Waals surface area contributed by atoms with Crippen LogP contribution < -0.4 is 11.1 Å². The van der Waals surface area contributed by atoms with Gasteiger partial charge in [-0.3, -0.25) is 9.59 Å². The predicted octanol–water partition coefficient (Wildman–Crippen LogP) is 3.35. The van der Waals surface area contributed by atoms with Crippen molar-refractivity contribution in [3.05, 3.63) is 47.7 Å². The molecule has 1 unspecified atom stereocenters. The summed E-state index contributed by atoms with van der Waals surface area (Å²) in [6, 6.07) is 12.1. The highest BCUT2D eigenvalue weighted by Gasteiger charge is 2.31. The number of aryl methyl sites for hydroxylation is 1. The molecule has 2 heterocycles. The van der Waals surface area contributed by atoms with Gasteiger partial charge in [-0.25, -0.2) is 0 Å². The Morgan fingerprint density at radius 2 is 2.00 bits per heavy atom. The van der Waals surface area contributed by atoms with Crippen LogP contribution in [0.5, 0.6) is 0 Å². The lowest BCUT2D eigenvalue weighted by Gasteiger charge is -2.35. The molecular formula is C23H27N3O3. The number of carbonyl (C=O) groups is 2. The molecule has 0 bridgehead atoms. The Kier molecular flexibility index (Phi) is 5.53. The Balaban J connectivity index is 1.63. The number of piperidine rings is 1. The molecule has 1 aliphatic heterocycles. The van der Waals surface area contributed by atoms with Gasteiger partial charge in [0, 0.05) is 48.4 Å². The van der Waals surface area contributed by atoms with Gasteiger partial charge in [-0.05, 0) is 31.6 Å². The highest BCUT2D eigenvalue weighted by molar-refractivity contribution is 6.08. The maximum absolute atomic E-state index is 13.4. The SMILES string of the molecule is Cc1c(C(=O)N2CCCCC2CNC(=O)CCN)oc2c1ccc1ccccc12. The zero-order chi connectivity index (χ0) is 20.4. The van der Waals surface area contributed by atoms with E-state index in [1.807, 2.05) is 42.2 Å². The highest BCUT2D eigenvalue weighted by atomic mass is 16.3. The first-order chi connectivity index (χ1) is 14.1. The number of fused-ring (bicyclic) bond motifs is 3. The summed E-state index contributed by atoms with van der Waals surface area (Å²) in [5, 5.41) is 5.98. The lowest BCUT2D eigenvalue weighted by Crippen LogP contribution is -2.49. The second kappa shape index (κ2) is 8.25. The summed E-state index contributed by atoms with van der Waals surface area (Å²) >= 11 is 0. The molecule has 1 atom stereocenters. The van der Waals surface area contributed by atoms with Crippen molar-refractivity contribution < 1.29 is 14.0 Å². The number of benzene rings is 2. The number of furan rings is 1. The fraction of sp³-hybridized carbons (Fsp3) is 0.391. The van der Waals surface area contributed by atoms with E-state index >= 15 is 0 Å². The number of likely N-dealkylation sites (tertiary alicyclic amines) is 1. The first-order valence-electron chi connectivity index (χ1n) is 10.3. The summed E-state index contributed by atoms with van der Waals surface area (Å²) in [5.74, 6) is 0.231. The summed E-state index contributed by atoms with van der Waals surface area (Å²) in [4.78, 5) is 27.1. The van der Waals surface area contributed by atoms with Gasteiger partial charge >= 0.3 is 0 Å². The third-order valence-electron chi connectivity index (χ3n) is 5.82. The maximum atomic E-state index is 13.4. The van der Waals surface area contributed by atoms with Crippen molar-refractivity contribution in [3.8, 4) is 0 Å². The predicted molar refractivity (Wildman–Crippen MR) is 114 cm³/mol. The van der Waals surface area contributed by atoms with Gasteiger partial charge in [-0.15, -0.1) is 0 Å². The Hall–Kier alpha value is -2.86. The molecule has 3 aromatic rings. The van der Waals surface area contributed by atoms with Gasteiger partial charge < -0.3 is 20.4 Å². The lowest BCUT2D eigenvalue weighted by atomic mass is 10.0. The van der Waals surface area contributed by atoms with Crippen LogP contribution >= 0.6 is 0 Å². The number of nitrogens with two attached hydrogens (primary N) is 1. The Morgan fingerprint density at radius 1 is 1.17 bits per heavy atom. The molecule has 152 valence electrons. The molecule has 29 heavy (non-hydrogen) atoms. The third kappa shape index (κ3) is 3.72. The van der Waals surface area contributed by atoms with E-state index in [4.69, 9.17) is 10.2 Å². The van der Waals surface area contributed by atoms with Crippen molar-refractivity contribution in [1.29, 1.82) is 0 Å². The fourth-order valence-corrected chi connectivity index (χ4v) is 4.21. The van der Waals surface area contributed by atoms with E-state index < -0.39 is 0 Å². The fourth-order valence-electron chi connectivity index (χ4n) is 4.21. The van der Waals surface area contributed by atoms with Crippen LogP contribution in [0.25, 0.3) is 21.7 Å². The van der Waals surface area contributed by atoms with Gasteiger partial charge in [-0.1, -0.05) is 36.4 Å². The Labute approximate surface area is 170 Å².